The van der Waals surface area contributed by atoms with E-state index >= 15 is 0 Å². The number of methoxy groups -OCH3 is 1. The van der Waals surface area contributed by atoms with Gasteiger partial charge in [0.25, 0.3) is 0 Å². The van der Waals surface area contributed by atoms with Crippen molar-refractivity contribution in [3.63, 3.8) is 0 Å². The molecule has 1 unspecified atom stereocenters. The third kappa shape index (κ3) is 1.82. The predicted molar refractivity (Wildman–Crippen MR) is 89.3 cm³/mol. The lowest BCUT2D eigenvalue weighted by Gasteiger charge is -2.43. The van der Waals surface area contributed by atoms with Crippen molar-refractivity contribution in [3.05, 3.63) is 65.7 Å². The molecule has 0 fully saturated rings. The number of hydrogen-bond donors (Lipinski definition) is 0. The number of likely N-dealkylation sites (N-methyl/N-ethyl adjacent to an activating group) is 1. The number of benzene rings is 2. The molecule has 2 aromatic rings. The van der Waals surface area contributed by atoms with Gasteiger partial charge in [0.1, 0.15) is 11.5 Å². The van der Waals surface area contributed by atoms with Crippen LogP contribution < -0.4 is 14.4 Å². The molecule has 2 aromatic carbocycles. The van der Waals surface area contributed by atoms with Gasteiger partial charge in [-0.15, -0.1) is 0 Å². The Morgan fingerprint density at radius 2 is 1.77 bits per heavy atom. The maximum atomic E-state index is 6.34. The van der Waals surface area contributed by atoms with Gasteiger partial charge in [-0.2, -0.15) is 0 Å². The maximum absolute atomic E-state index is 6.34. The minimum Gasteiger partial charge on any atom is -0.497 e. The molecule has 1 spiro atoms. The summed E-state index contributed by atoms with van der Waals surface area (Å²) in [7, 11) is 3.72. The molecule has 3 nitrogen and oxygen atoms in total. The quantitative estimate of drug-likeness (QED) is 0.794. The molecule has 110 valence electrons. The first-order valence-corrected chi connectivity index (χ1v) is 7.30. The number of rotatable bonds is 1. The van der Waals surface area contributed by atoms with Crippen LogP contribution in [-0.2, 0) is 0 Å². The largest absolute Gasteiger partial charge is 0.497 e. The van der Waals surface area contributed by atoms with E-state index in [1.165, 1.54) is 5.56 Å². The fraction of sp³-hybridized carbons (Fsp3) is 0.158. The van der Waals surface area contributed by atoms with Crippen LogP contribution in [0.1, 0.15) is 11.1 Å². The highest BCUT2D eigenvalue weighted by atomic mass is 16.5. The van der Waals surface area contributed by atoms with Crippen molar-refractivity contribution in [1.82, 2.24) is 0 Å². The monoisotopic (exact) mass is 291 g/mol. The molecule has 4 rings (SSSR count). The van der Waals surface area contributed by atoms with Crippen molar-refractivity contribution < 1.29 is 9.47 Å². The van der Waals surface area contributed by atoms with Gasteiger partial charge in [0.2, 0.25) is 5.72 Å². The van der Waals surface area contributed by atoms with Crippen LogP contribution in [0.3, 0.4) is 0 Å². The lowest BCUT2D eigenvalue weighted by molar-refractivity contribution is 0.167. The fourth-order valence-corrected chi connectivity index (χ4v) is 3.00. The second-order valence-electron chi connectivity index (χ2n) is 5.54. The lowest BCUT2D eigenvalue weighted by Crippen LogP contribution is -2.51. The molecule has 3 heteroatoms. The Balaban J connectivity index is 1.79. The molecule has 2 aliphatic heterocycles. The number of ether oxygens (including phenoxy) is 2. The lowest BCUT2D eigenvalue weighted by atomic mass is 9.97. The summed E-state index contributed by atoms with van der Waals surface area (Å²) in [5.41, 5.74) is 2.82. The van der Waals surface area contributed by atoms with Crippen LogP contribution in [0.2, 0.25) is 0 Å². The molecule has 0 saturated carbocycles. The van der Waals surface area contributed by atoms with Gasteiger partial charge in [-0.05, 0) is 42.0 Å². The molecule has 0 saturated heterocycles. The summed E-state index contributed by atoms with van der Waals surface area (Å²) in [5.74, 6) is 1.63. The van der Waals surface area contributed by atoms with E-state index in [-0.39, 0.29) is 0 Å². The van der Waals surface area contributed by atoms with E-state index in [4.69, 9.17) is 9.47 Å². The summed E-state index contributed by atoms with van der Waals surface area (Å²) >= 11 is 0. The first kappa shape index (κ1) is 13.0. The Hall–Kier alpha value is -2.68. The van der Waals surface area contributed by atoms with E-state index < -0.39 is 5.72 Å². The van der Waals surface area contributed by atoms with Crippen LogP contribution in [0.15, 0.2) is 54.6 Å². The summed E-state index contributed by atoms with van der Waals surface area (Å²) in [4.78, 5) is 2.15. The van der Waals surface area contributed by atoms with Crippen molar-refractivity contribution in [2.75, 3.05) is 19.1 Å². The van der Waals surface area contributed by atoms with Gasteiger partial charge >= 0.3 is 0 Å². The van der Waals surface area contributed by atoms with Gasteiger partial charge in [0, 0.05) is 24.4 Å². The second-order valence-corrected chi connectivity index (χ2v) is 5.54. The Kier molecular flexibility index (Phi) is 2.76. The van der Waals surface area contributed by atoms with Gasteiger partial charge in [-0.25, -0.2) is 0 Å². The zero-order chi connectivity index (χ0) is 15.2. The summed E-state index contributed by atoms with van der Waals surface area (Å²) in [5, 5.41) is 0. The van der Waals surface area contributed by atoms with Crippen LogP contribution in [0.25, 0.3) is 12.2 Å². The number of para-hydroxylation sites is 1. The van der Waals surface area contributed by atoms with Crippen molar-refractivity contribution in [1.29, 1.82) is 0 Å². The molecular formula is C19H17NO2. The van der Waals surface area contributed by atoms with E-state index in [1.54, 1.807) is 7.11 Å². The predicted octanol–water partition coefficient (Wildman–Crippen LogP) is 3.96. The molecule has 0 N–H and O–H groups in total. The van der Waals surface area contributed by atoms with E-state index in [1.807, 2.05) is 30.3 Å². The smallest absolute Gasteiger partial charge is 0.222 e. The van der Waals surface area contributed by atoms with Gasteiger partial charge in [0.15, 0.2) is 0 Å². The molecule has 2 aliphatic rings. The number of hydrogen-bond acceptors (Lipinski definition) is 3. The summed E-state index contributed by atoms with van der Waals surface area (Å²) in [6.45, 7) is 0. The van der Waals surface area contributed by atoms with Crippen molar-refractivity contribution >= 4 is 17.8 Å². The number of anilines is 1. The molecule has 0 aliphatic carbocycles. The summed E-state index contributed by atoms with van der Waals surface area (Å²) < 4.78 is 11.6. The molecule has 0 radical (unpaired) electrons. The SMILES string of the molecule is COc1ccc2c(c1)OC1(C=C2)C=Cc2ccccc2N1C. The molecule has 0 bridgehead atoms. The van der Waals surface area contributed by atoms with E-state index in [2.05, 4.69) is 48.4 Å². The zero-order valence-electron chi connectivity index (χ0n) is 12.6. The Morgan fingerprint density at radius 1 is 1.00 bits per heavy atom. The minimum atomic E-state index is -0.590. The Bertz CT molecular complexity index is 794. The summed E-state index contributed by atoms with van der Waals surface area (Å²) in [6.07, 6.45) is 8.40. The molecular weight excluding hydrogens is 274 g/mol. The highest BCUT2D eigenvalue weighted by molar-refractivity contribution is 5.76. The van der Waals surface area contributed by atoms with E-state index in [0.717, 1.165) is 22.7 Å². The molecule has 0 aromatic heterocycles. The van der Waals surface area contributed by atoms with Crippen LogP contribution in [0.4, 0.5) is 5.69 Å². The fourth-order valence-electron chi connectivity index (χ4n) is 3.00. The number of fused-ring (bicyclic) bond motifs is 2. The normalized spacial score (nSPS) is 21.3. The molecule has 22 heavy (non-hydrogen) atoms. The molecule has 1 atom stereocenters. The summed E-state index contributed by atoms with van der Waals surface area (Å²) in [6, 6.07) is 14.2. The highest BCUT2D eigenvalue weighted by Crippen LogP contribution is 2.41. The van der Waals surface area contributed by atoms with Gasteiger partial charge < -0.3 is 14.4 Å². The third-order valence-electron chi connectivity index (χ3n) is 4.32. The van der Waals surface area contributed by atoms with Crippen molar-refractivity contribution in [3.8, 4) is 11.5 Å². The van der Waals surface area contributed by atoms with Crippen molar-refractivity contribution in [2.24, 2.45) is 0 Å². The minimum absolute atomic E-state index is 0.590. The number of nitrogens with zero attached hydrogens (tertiary/aromatic N) is 1. The van der Waals surface area contributed by atoms with Crippen LogP contribution in [0.5, 0.6) is 11.5 Å². The van der Waals surface area contributed by atoms with Gasteiger partial charge in [-0.3, -0.25) is 0 Å². The van der Waals surface area contributed by atoms with Gasteiger partial charge in [-0.1, -0.05) is 24.3 Å². The molecule has 0 amide bonds. The third-order valence-corrected chi connectivity index (χ3v) is 4.32. The average Bonchev–Trinajstić information content (AvgIpc) is 2.58. The van der Waals surface area contributed by atoms with Crippen LogP contribution >= 0.6 is 0 Å². The molecule has 2 heterocycles. The first-order valence-electron chi connectivity index (χ1n) is 7.30. The first-order chi connectivity index (χ1) is 10.7. The Morgan fingerprint density at radius 3 is 2.59 bits per heavy atom. The van der Waals surface area contributed by atoms with Crippen LogP contribution in [0, 0.1) is 0 Å². The maximum Gasteiger partial charge on any atom is 0.222 e. The highest BCUT2D eigenvalue weighted by Gasteiger charge is 2.37. The van der Waals surface area contributed by atoms with Crippen molar-refractivity contribution in [2.45, 2.75) is 5.72 Å². The topological polar surface area (TPSA) is 21.7 Å². The van der Waals surface area contributed by atoms with Gasteiger partial charge in [0.05, 0.1) is 7.11 Å². The average molecular weight is 291 g/mol. The standard InChI is InChI=1S/C19H17NO2/c1-20-17-6-4-3-5-14(17)9-11-19(20)12-10-15-7-8-16(21-2)13-18(15)22-19/h3-13H,1-2H3. The van der Waals surface area contributed by atoms with E-state index in [0.29, 0.717) is 0 Å². The van der Waals surface area contributed by atoms with E-state index in [9.17, 15) is 0 Å². The Labute approximate surface area is 130 Å². The second kappa shape index (κ2) is 4.67. The zero-order valence-corrected chi connectivity index (χ0v) is 12.6. The van der Waals surface area contributed by atoms with Crippen LogP contribution in [-0.4, -0.2) is 19.9 Å².